The van der Waals surface area contributed by atoms with E-state index in [0.717, 1.165) is 5.56 Å². The third-order valence-electron chi connectivity index (χ3n) is 3.34. The van der Waals surface area contributed by atoms with Crippen LogP contribution in [0.1, 0.15) is 22.3 Å². The van der Waals surface area contributed by atoms with E-state index in [1.54, 1.807) is 18.0 Å². The van der Waals surface area contributed by atoms with E-state index >= 15 is 0 Å². The fraction of sp³-hybridized carbons (Fsp3) is 0.462. The van der Waals surface area contributed by atoms with Crippen LogP contribution in [-0.2, 0) is 9.84 Å². The van der Waals surface area contributed by atoms with Crippen LogP contribution in [0, 0.1) is 6.92 Å². The molecule has 1 heterocycles. The van der Waals surface area contributed by atoms with Gasteiger partial charge in [0.2, 0.25) is 0 Å². The van der Waals surface area contributed by atoms with Gasteiger partial charge in [0.05, 0.1) is 11.5 Å². The fourth-order valence-electron chi connectivity index (χ4n) is 2.23. The Morgan fingerprint density at radius 3 is 2.67 bits per heavy atom. The van der Waals surface area contributed by atoms with Crippen molar-refractivity contribution < 1.29 is 13.2 Å². The van der Waals surface area contributed by atoms with E-state index in [9.17, 15) is 13.2 Å². The zero-order valence-electron chi connectivity index (χ0n) is 10.6. The largest absolute Gasteiger partial charge is 0.338 e. The summed E-state index contributed by atoms with van der Waals surface area (Å²) in [6, 6.07) is 7.15. The SMILES string of the molecule is Cc1cccc(C(=O)N(C)[C@H]2CCS(=O)(=O)C2)c1. The fourth-order valence-corrected chi connectivity index (χ4v) is 4.00. The highest BCUT2D eigenvalue weighted by Crippen LogP contribution is 2.18. The number of benzene rings is 1. The lowest BCUT2D eigenvalue weighted by molar-refractivity contribution is 0.0747. The predicted octanol–water partition coefficient (Wildman–Crippen LogP) is 1.25. The number of aryl methyl sites for hydroxylation is 1. The quantitative estimate of drug-likeness (QED) is 0.810. The van der Waals surface area contributed by atoms with Gasteiger partial charge < -0.3 is 4.90 Å². The molecule has 1 aromatic carbocycles. The van der Waals surface area contributed by atoms with Crippen molar-refractivity contribution in [1.82, 2.24) is 4.90 Å². The van der Waals surface area contributed by atoms with E-state index in [1.807, 2.05) is 25.1 Å². The van der Waals surface area contributed by atoms with Crippen molar-refractivity contribution in [3.63, 3.8) is 0 Å². The first-order valence-electron chi connectivity index (χ1n) is 5.93. The molecule has 1 amide bonds. The Bertz CT molecular complexity index is 565. The van der Waals surface area contributed by atoms with Gasteiger partial charge in [-0.25, -0.2) is 8.42 Å². The summed E-state index contributed by atoms with van der Waals surface area (Å²) in [6.07, 6.45) is 0.538. The molecule has 0 N–H and O–H groups in total. The Morgan fingerprint density at radius 2 is 2.11 bits per heavy atom. The molecule has 0 aliphatic carbocycles. The highest BCUT2D eigenvalue weighted by molar-refractivity contribution is 7.91. The molecule has 0 radical (unpaired) electrons. The van der Waals surface area contributed by atoms with Crippen LogP contribution < -0.4 is 0 Å². The average Bonchev–Trinajstić information content (AvgIpc) is 2.68. The summed E-state index contributed by atoms with van der Waals surface area (Å²) in [5, 5.41) is 0. The van der Waals surface area contributed by atoms with Crippen LogP contribution in [0.5, 0.6) is 0 Å². The summed E-state index contributed by atoms with van der Waals surface area (Å²) >= 11 is 0. The zero-order valence-corrected chi connectivity index (χ0v) is 11.4. The van der Waals surface area contributed by atoms with Gasteiger partial charge in [-0.05, 0) is 25.5 Å². The van der Waals surface area contributed by atoms with E-state index < -0.39 is 9.84 Å². The van der Waals surface area contributed by atoms with Gasteiger partial charge in [-0.2, -0.15) is 0 Å². The molecule has 2 rings (SSSR count). The molecule has 1 aromatic rings. The lowest BCUT2D eigenvalue weighted by atomic mass is 10.1. The third kappa shape index (κ3) is 2.72. The standard InChI is InChI=1S/C13H17NO3S/c1-10-4-3-5-11(8-10)13(15)14(2)12-6-7-18(16,17)9-12/h3-5,8,12H,6-7,9H2,1-2H3/t12-/m0/s1. The van der Waals surface area contributed by atoms with E-state index in [1.165, 1.54) is 0 Å². The molecule has 1 aliphatic rings. The number of amides is 1. The minimum atomic E-state index is -2.96. The number of nitrogens with zero attached hydrogens (tertiary/aromatic N) is 1. The Hall–Kier alpha value is -1.36. The number of hydrogen-bond donors (Lipinski definition) is 0. The second-order valence-corrected chi connectivity index (χ2v) is 7.07. The van der Waals surface area contributed by atoms with E-state index in [4.69, 9.17) is 0 Å². The van der Waals surface area contributed by atoms with E-state index in [2.05, 4.69) is 0 Å². The monoisotopic (exact) mass is 267 g/mol. The zero-order chi connectivity index (χ0) is 13.3. The van der Waals surface area contributed by atoms with Crippen LogP contribution in [0.25, 0.3) is 0 Å². The van der Waals surface area contributed by atoms with Gasteiger partial charge in [-0.15, -0.1) is 0 Å². The van der Waals surface area contributed by atoms with Gasteiger partial charge >= 0.3 is 0 Å². The van der Waals surface area contributed by atoms with Crippen LogP contribution in [0.15, 0.2) is 24.3 Å². The van der Waals surface area contributed by atoms with Gasteiger partial charge in [0, 0.05) is 18.7 Å². The summed E-state index contributed by atoms with van der Waals surface area (Å²) in [4.78, 5) is 13.8. The summed E-state index contributed by atoms with van der Waals surface area (Å²) in [6.45, 7) is 1.93. The number of hydrogen-bond acceptors (Lipinski definition) is 3. The summed E-state index contributed by atoms with van der Waals surface area (Å²) in [7, 11) is -1.28. The second kappa shape index (κ2) is 4.72. The summed E-state index contributed by atoms with van der Waals surface area (Å²) < 4.78 is 22.8. The Kier molecular flexibility index (Phi) is 3.43. The molecule has 5 heteroatoms. The first-order chi connectivity index (χ1) is 8.39. The van der Waals surface area contributed by atoms with Gasteiger partial charge in [0.15, 0.2) is 9.84 Å². The molecule has 1 saturated heterocycles. The molecule has 0 unspecified atom stereocenters. The minimum Gasteiger partial charge on any atom is -0.338 e. The molecule has 1 atom stereocenters. The molecule has 18 heavy (non-hydrogen) atoms. The number of rotatable bonds is 2. The molecule has 1 fully saturated rings. The van der Waals surface area contributed by atoms with Crippen molar-refractivity contribution in [2.45, 2.75) is 19.4 Å². The maximum Gasteiger partial charge on any atom is 0.253 e. The van der Waals surface area contributed by atoms with Gasteiger partial charge in [0.1, 0.15) is 0 Å². The topological polar surface area (TPSA) is 54.5 Å². The van der Waals surface area contributed by atoms with Crippen molar-refractivity contribution in [1.29, 1.82) is 0 Å². The molecule has 0 aromatic heterocycles. The van der Waals surface area contributed by atoms with Crippen LogP contribution >= 0.6 is 0 Å². The van der Waals surface area contributed by atoms with Gasteiger partial charge in [-0.1, -0.05) is 17.7 Å². The molecular formula is C13H17NO3S. The molecule has 0 spiro atoms. The first kappa shape index (κ1) is 13.1. The highest BCUT2D eigenvalue weighted by Gasteiger charge is 2.32. The van der Waals surface area contributed by atoms with Crippen molar-refractivity contribution in [3.05, 3.63) is 35.4 Å². The smallest absolute Gasteiger partial charge is 0.253 e. The third-order valence-corrected chi connectivity index (χ3v) is 5.09. The average molecular weight is 267 g/mol. The second-order valence-electron chi connectivity index (χ2n) is 4.84. The molecular weight excluding hydrogens is 250 g/mol. The van der Waals surface area contributed by atoms with Crippen molar-refractivity contribution in [3.8, 4) is 0 Å². The Morgan fingerprint density at radius 1 is 1.39 bits per heavy atom. The molecule has 1 aliphatic heterocycles. The lowest BCUT2D eigenvalue weighted by Crippen LogP contribution is -2.37. The number of carbonyl (C=O) groups is 1. The van der Waals surface area contributed by atoms with Gasteiger partial charge in [0.25, 0.3) is 5.91 Å². The van der Waals surface area contributed by atoms with Crippen LogP contribution in [0.4, 0.5) is 0 Å². The van der Waals surface area contributed by atoms with Crippen molar-refractivity contribution in [2.24, 2.45) is 0 Å². The van der Waals surface area contributed by atoms with Crippen LogP contribution in [0.2, 0.25) is 0 Å². The van der Waals surface area contributed by atoms with Crippen LogP contribution in [-0.4, -0.2) is 43.8 Å². The minimum absolute atomic E-state index is 0.0844. The predicted molar refractivity (Wildman–Crippen MR) is 70.3 cm³/mol. The molecule has 0 saturated carbocycles. The normalized spacial score (nSPS) is 21.8. The summed E-state index contributed by atoms with van der Waals surface area (Å²) in [5.41, 5.74) is 1.63. The molecule has 4 nitrogen and oxygen atoms in total. The highest BCUT2D eigenvalue weighted by atomic mass is 32.2. The molecule has 98 valence electrons. The Balaban J connectivity index is 2.15. The van der Waals surface area contributed by atoms with Crippen molar-refractivity contribution >= 4 is 15.7 Å². The Labute approximate surface area is 108 Å². The lowest BCUT2D eigenvalue weighted by Gasteiger charge is -2.23. The first-order valence-corrected chi connectivity index (χ1v) is 7.75. The maximum atomic E-state index is 12.2. The molecule has 0 bridgehead atoms. The summed E-state index contributed by atoms with van der Waals surface area (Å²) in [5.74, 6) is 0.158. The van der Waals surface area contributed by atoms with Gasteiger partial charge in [-0.3, -0.25) is 4.79 Å². The van der Waals surface area contributed by atoms with Crippen LogP contribution in [0.3, 0.4) is 0 Å². The number of sulfone groups is 1. The maximum absolute atomic E-state index is 12.2. The van der Waals surface area contributed by atoms with E-state index in [0.29, 0.717) is 12.0 Å². The van der Waals surface area contributed by atoms with Crippen molar-refractivity contribution in [2.75, 3.05) is 18.6 Å². The number of carbonyl (C=O) groups excluding carboxylic acids is 1. The van der Waals surface area contributed by atoms with E-state index in [-0.39, 0.29) is 23.5 Å².